The van der Waals surface area contributed by atoms with Crippen molar-refractivity contribution in [2.45, 2.75) is 277 Å². The third-order valence-corrected chi connectivity index (χ3v) is 11.8. The Bertz CT molecular complexity index is 1170. The van der Waals surface area contributed by atoms with Gasteiger partial charge in [-0.2, -0.15) is 0 Å². The second kappa shape index (κ2) is 52.7. The van der Waals surface area contributed by atoms with Crippen LogP contribution in [0, 0.1) is 0 Å². The van der Waals surface area contributed by atoms with Gasteiger partial charge in [-0.1, -0.05) is 236 Å². The molecule has 6 heteroatoms. The Morgan fingerprint density at radius 2 is 0.656 bits per heavy atom. The number of unbranched alkanes of at least 4 members (excludes halogenated alkanes) is 29. The topological polar surface area (TPSA) is 78.9 Å². The summed E-state index contributed by atoms with van der Waals surface area (Å²) in [5.41, 5.74) is 0. The molecule has 0 spiro atoms. The number of esters is 3. The number of hydrogen-bond acceptors (Lipinski definition) is 6. The summed E-state index contributed by atoms with van der Waals surface area (Å²) in [4.78, 5) is 38.0. The average molecular weight is 895 g/mol. The number of hydrogen-bond donors (Lipinski definition) is 0. The number of carbonyl (C=O) groups is 3. The molecule has 0 aliphatic carbocycles. The predicted molar refractivity (Wildman–Crippen MR) is 275 cm³/mol. The molecule has 0 amide bonds. The van der Waals surface area contributed by atoms with Gasteiger partial charge < -0.3 is 14.2 Å². The summed E-state index contributed by atoms with van der Waals surface area (Å²) in [5, 5.41) is 0. The minimum atomic E-state index is -0.801. The molecule has 0 heterocycles. The van der Waals surface area contributed by atoms with Gasteiger partial charge in [0.15, 0.2) is 6.10 Å². The lowest BCUT2D eigenvalue weighted by molar-refractivity contribution is -0.167. The van der Waals surface area contributed by atoms with Crippen LogP contribution in [0.3, 0.4) is 0 Å². The first kappa shape index (κ1) is 61.1. The molecule has 0 rings (SSSR count). The standard InChI is InChI=1S/C58H102O6/c1-4-7-10-13-16-19-22-25-27-29-30-32-33-36-39-42-45-48-51-57(60)63-54-55(53-62-56(59)50-47-44-41-38-35-24-21-18-15-12-9-6-3)64-58(61)52-49-46-43-40-37-34-31-28-26-23-20-17-14-11-8-5-2/h9,12,18,21,28,31,34-35,37-38,55H,4-8,10-11,13-17,19-20,22-27,29-30,32-33,36,39-54H2,1-3H3/b12-9-,21-18-,31-28-,37-34-,38-35-. The van der Waals surface area contributed by atoms with Crippen molar-refractivity contribution in [2.75, 3.05) is 13.2 Å². The van der Waals surface area contributed by atoms with E-state index in [4.69, 9.17) is 14.2 Å². The molecule has 0 saturated carbocycles. The minimum absolute atomic E-state index is 0.0949. The molecular weight excluding hydrogens is 793 g/mol. The first-order valence-electron chi connectivity index (χ1n) is 27.3. The van der Waals surface area contributed by atoms with Crippen LogP contribution in [0.2, 0.25) is 0 Å². The highest BCUT2D eigenvalue weighted by Gasteiger charge is 2.19. The minimum Gasteiger partial charge on any atom is -0.462 e. The van der Waals surface area contributed by atoms with Crippen molar-refractivity contribution in [1.29, 1.82) is 0 Å². The summed E-state index contributed by atoms with van der Waals surface area (Å²) >= 11 is 0. The van der Waals surface area contributed by atoms with Gasteiger partial charge >= 0.3 is 17.9 Å². The van der Waals surface area contributed by atoms with E-state index in [1.54, 1.807) is 0 Å². The highest BCUT2D eigenvalue weighted by atomic mass is 16.6. The quantitative estimate of drug-likeness (QED) is 0.0199. The molecule has 0 aromatic carbocycles. The number of allylic oxidation sites excluding steroid dienone is 10. The van der Waals surface area contributed by atoms with Gasteiger partial charge in [-0.25, -0.2) is 0 Å². The first-order chi connectivity index (χ1) is 31.5. The summed E-state index contributed by atoms with van der Waals surface area (Å²) in [6.07, 6.45) is 65.0. The van der Waals surface area contributed by atoms with E-state index in [1.165, 1.54) is 141 Å². The lowest BCUT2D eigenvalue weighted by atomic mass is 10.0. The highest BCUT2D eigenvalue weighted by molar-refractivity contribution is 5.71. The number of ether oxygens (including phenoxy) is 3. The zero-order valence-corrected chi connectivity index (χ0v) is 42.3. The van der Waals surface area contributed by atoms with E-state index in [0.717, 1.165) is 89.9 Å². The molecule has 6 nitrogen and oxygen atoms in total. The number of carbonyl (C=O) groups excluding carboxylic acids is 3. The van der Waals surface area contributed by atoms with Gasteiger partial charge in [0.2, 0.25) is 0 Å². The van der Waals surface area contributed by atoms with E-state index < -0.39 is 6.10 Å². The zero-order chi connectivity index (χ0) is 46.5. The largest absolute Gasteiger partial charge is 0.462 e. The van der Waals surface area contributed by atoms with Crippen molar-refractivity contribution in [1.82, 2.24) is 0 Å². The third kappa shape index (κ3) is 50.1. The maximum absolute atomic E-state index is 12.8. The Balaban J connectivity index is 4.40. The van der Waals surface area contributed by atoms with Crippen LogP contribution in [0.15, 0.2) is 60.8 Å². The molecule has 0 aromatic rings. The molecule has 0 aromatic heterocycles. The average Bonchev–Trinajstić information content (AvgIpc) is 3.29. The Morgan fingerprint density at radius 3 is 1.09 bits per heavy atom. The van der Waals surface area contributed by atoms with Gasteiger partial charge in [0.25, 0.3) is 0 Å². The maximum Gasteiger partial charge on any atom is 0.306 e. The van der Waals surface area contributed by atoms with Crippen LogP contribution < -0.4 is 0 Å². The summed E-state index contributed by atoms with van der Waals surface area (Å²) in [7, 11) is 0. The Labute approximate surface area is 396 Å². The summed E-state index contributed by atoms with van der Waals surface area (Å²) < 4.78 is 16.8. The molecule has 0 fully saturated rings. The summed E-state index contributed by atoms with van der Waals surface area (Å²) in [6, 6.07) is 0. The lowest BCUT2D eigenvalue weighted by Crippen LogP contribution is -2.30. The van der Waals surface area contributed by atoms with Crippen molar-refractivity contribution in [3.63, 3.8) is 0 Å². The fourth-order valence-corrected chi connectivity index (χ4v) is 7.68. The molecule has 0 aliphatic heterocycles. The van der Waals surface area contributed by atoms with Crippen LogP contribution in [0.4, 0.5) is 0 Å². The van der Waals surface area contributed by atoms with E-state index >= 15 is 0 Å². The van der Waals surface area contributed by atoms with E-state index in [9.17, 15) is 14.4 Å². The van der Waals surface area contributed by atoms with Crippen LogP contribution in [0.5, 0.6) is 0 Å². The summed E-state index contributed by atoms with van der Waals surface area (Å²) in [5.74, 6) is -0.955. The van der Waals surface area contributed by atoms with Crippen molar-refractivity contribution in [3.8, 4) is 0 Å². The molecule has 1 atom stereocenters. The highest BCUT2D eigenvalue weighted by Crippen LogP contribution is 2.16. The van der Waals surface area contributed by atoms with Gasteiger partial charge in [0, 0.05) is 19.3 Å². The molecule has 0 radical (unpaired) electrons. The van der Waals surface area contributed by atoms with Crippen LogP contribution in [-0.4, -0.2) is 37.2 Å². The molecule has 0 aliphatic rings. The van der Waals surface area contributed by atoms with Crippen LogP contribution >= 0.6 is 0 Å². The predicted octanol–water partition coefficient (Wildman–Crippen LogP) is 18.0. The van der Waals surface area contributed by atoms with Crippen molar-refractivity contribution < 1.29 is 28.6 Å². The Hall–Kier alpha value is -2.89. The molecule has 0 N–H and O–H groups in total. The third-order valence-electron chi connectivity index (χ3n) is 11.8. The smallest absolute Gasteiger partial charge is 0.306 e. The first-order valence-corrected chi connectivity index (χ1v) is 27.3. The number of rotatable bonds is 49. The monoisotopic (exact) mass is 895 g/mol. The molecule has 1 unspecified atom stereocenters. The SMILES string of the molecule is CC/C=C\C/C=C\C/C=C\CCCCC(=O)OCC(COC(=O)CCCCCCCCCCCCCCCCCCCC)OC(=O)CCCCC/C=C\C=C/CCCCCCCCC. The summed E-state index contributed by atoms with van der Waals surface area (Å²) in [6.45, 7) is 6.48. The van der Waals surface area contributed by atoms with Crippen molar-refractivity contribution in [3.05, 3.63) is 60.8 Å². The second-order valence-electron chi connectivity index (χ2n) is 18.1. The van der Waals surface area contributed by atoms with Gasteiger partial charge in [0.1, 0.15) is 13.2 Å². The van der Waals surface area contributed by atoms with E-state index in [-0.39, 0.29) is 31.1 Å². The Morgan fingerprint density at radius 1 is 0.344 bits per heavy atom. The van der Waals surface area contributed by atoms with Gasteiger partial charge in [-0.05, 0) is 77.0 Å². The van der Waals surface area contributed by atoms with Gasteiger partial charge in [-0.15, -0.1) is 0 Å². The fourth-order valence-electron chi connectivity index (χ4n) is 7.68. The maximum atomic E-state index is 12.8. The zero-order valence-electron chi connectivity index (χ0n) is 42.3. The van der Waals surface area contributed by atoms with E-state index in [2.05, 4.69) is 81.5 Å². The van der Waals surface area contributed by atoms with E-state index in [0.29, 0.717) is 19.3 Å². The molecule has 0 bridgehead atoms. The normalized spacial score (nSPS) is 12.5. The molecule has 370 valence electrons. The second-order valence-corrected chi connectivity index (χ2v) is 18.1. The van der Waals surface area contributed by atoms with Crippen molar-refractivity contribution in [2.24, 2.45) is 0 Å². The van der Waals surface area contributed by atoms with Crippen LogP contribution in [-0.2, 0) is 28.6 Å². The Kier molecular flexibility index (Phi) is 50.4. The molecular formula is C58H102O6. The fraction of sp³-hybridized carbons (Fsp3) is 0.776. The molecule has 64 heavy (non-hydrogen) atoms. The van der Waals surface area contributed by atoms with Gasteiger partial charge in [-0.3, -0.25) is 14.4 Å². The molecule has 0 saturated heterocycles. The van der Waals surface area contributed by atoms with Crippen LogP contribution in [0.1, 0.15) is 271 Å². The lowest BCUT2D eigenvalue weighted by Gasteiger charge is -2.18. The van der Waals surface area contributed by atoms with E-state index in [1.807, 2.05) is 0 Å². The van der Waals surface area contributed by atoms with Crippen molar-refractivity contribution >= 4 is 17.9 Å². The van der Waals surface area contributed by atoms with Gasteiger partial charge in [0.05, 0.1) is 0 Å². The van der Waals surface area contributed by atoms with Crippen LogP contribution in [0.25, 0.3) is 0 Å².